The molecule has 3 aromatic heterocycles. The maximum Gasteiger partial charge on any atom is 0.162 e. The van der Waals surface area contributed by atoms with Crippen LogP contribution in [0.5, 0.6) is 5.75 Å². The van der Waals surface area contributed by atoms with Crippen LogP contribution in [0.3, 0.4) is 0 Å². The maximum atomic E-state index is 10.4. The quantitative estimate of drug-likeness (QED) is 0.386. The highest BCUT2D eigenvalue weighted by Crippen LogP contribution is 2.37. The summed E-state index contributed by atoms with van der Waals surface area (Å²) >= 11 is 0. The predicted octanol–water partition coefficient (Wildman–Crippen LogP) is 3.11. The minimum Gasteiger partial charge on any atom is -0.491 e. The number of aliphatic hydroxyl groups is 1. The Hall–Kier alpha value is -3.47. The summed E-state index contributed by atoms with van der Waals surface area (Å²) in [6, 6.07) is 11.4. The minimum atomic E-state index is -1.32. The highest BCUT2D eigenvalue weighted by atomic mass is 16.7. The number of rotatable bonds is 7. The summed E-state index contributed by atoms with van der Waals surface area (Å²) in [7, 11) is 3.88. The highest BCUT2D eigenvalue weighted by molar-refractivity contribution is 5.87. The van der Waals surface area contributed by atoms with Gasteiger partial charge < -0.3 is 34.5 Å². The summed E-state index contributed by atoms with van der Waals surface area (Å²) in [5.74, 6) is 0.636. The number of fused-ring (bicyclic) bond motifs is 2. The van der Waals surface area contributed by atoms with Crippen molar-refractivity contribution < 1.29 is 19.3 Å². The van der Waals surface area contributed by atoms with Crippen LogP contribution in [0, 0.1) is 0 Å². The summed E-state index contributed by atoms with van der Waals surface area (Å²) in [5.41, 5.74) is 7.32. The van der Waals surface area contributed by atoms with Crippen LogP contribution in [0.2, 0.25) is 0 Å². The zero-order valence-corrected chi connectivity index (χ0v) is 20.3. The van der Waals surface area contributed by atoms with Gasteiger partial charge in [0, 0.05) is 38.2 Å². The topological polar surface area (TPSA) is 121 Å². The molecule has 35 heavy (non-hydrogen) atoms. The highest BCUT2D eigenvalue weighted by Gasteiger charge is 2.41. The molecule has 0 spiro atoms. The molecule has 5 rings (SSSR count). The first-order valence-electron chi connectivity index (χ1n) is 11.5. The molecule has 10 heteroatoms. The first-order valence-corrected chi connectivity index (χ1v) is 11.5. The zero-order valence-electron chi connectivity index (χ0n) is 20.3. The van der Waals surface area contributed by atoms with E-state index in [1.807, 2.05) is 60.1 Å². The lowest BCUT2D eigenvalue weighted by Crippen LogP contribution is -2.33. The van der Waals surface area contributed by atoms with Crippen molar-refractivity contribution in [3.05, 3.63) is 48.9 Å². The van der Waals surface area contributed by atoms with Crippen LogP contribution >= 0.6 is 0 Å². The second-order valence-electron chi connectivity index (χ2n) is 9.44. The summed E-state index contributed by atoms with van der Waals surface area (Å²) in [6.45, 7) is 3.54. The van der Waals surface area contributed by atoms with E-state index in [0.717, 1.165) is 27.8 Å². The van der Waals surface area contributed by atoms with E-state index in [4.69, 9.17) is 19.9 Å². The van der Waals surface area contributed by atoms with Crippen molar-refractivity contribution in [3.63, 3.8) is 0 Å². The van der Waals surface area contributed by atoms with Gasteiger partial charge in [0.2, 0.25) is 0 Å². The second kappa shape index (κ2) is 8.95. The van der Waals surface area contributed by atoms with E-state index < -0.39 is 18.1 Å². The molecule has 0 unspecified atom stereocenters. The van der Waals surface area contributed by atoms with Gasteiger partial charge in [0.05, 0.1) is 17.0 Å². The molecule has 0 saturated carbocycles. The third-order valence-electron chi connectivity index (χ3n) is 5.89. The van der Waals surface area contributed by atoms with Crippen molar-refractivity contribution >= 4 is 33.6 Å². The molecule has 4 aromatic rings. The summed E-state index contributed by atoms with van der Waals surface area (Å²) < 4.78 is 20.4. The Morgan fingerprint density at radius 3 is 2.77 bits per heavy atom. The van der Waals surface area contributed by atoms with Gasteiger partial charge in [-0.1, -0.05) is 0 Å². The first kappa shape index (κ1) is 23.3. The van der Waals surface area contributed by atoms with E-state index in [1.165, 1.54) is 6.33 Å². The molecule has 0 amide bonds. The number of ether oxygens (including phenoxy) is 3. The van der Waals surface area contributed by atoms with Crippen LogP contribution in [-0.2, 0) is 9.47 Å². The maximum absolute atomic E-state index is 10.4. The lowest BCUT2D eigenvalue weighted by atomic mass is 10.2. The molecule has 10 nitrogen and oxygen atoms in total. The number of anilines is 2. The van der Waals surface area contributed by atoms with Crippen LogP contribution < -0.4 is 15.4 Å². The fraction of sp³-hybridized carbons (Fsp3) is 0.400. The summed E-state index contributed by atoms with van der Waals surface area (Å²) in [6.07, 6.45) is 2.84. The lowest BCUT2D eigenvalue weighted by molar-refractivity contribution is -0.222. The first-order chi connectivity index (χ1) is 16.7. The molecule has 4 heterocycles. The fourth-order valence-corrected chi connectivity index (χ4v) is 4.46. The zero-order chi connectivity index (χ0) is 24.7. The van der Waals surface area contributed by atoms with Crippen LogP contribution in [-0.4, -0.2) is 63.3 Å². The second-order valence-corrected chi connectivity index (χ2v) is 9.44. The standard InChI is InChI=1S/C25H30N6O4/c1-25(2,32)35-20-12-17(13-33-16-7-5-15-6-8-21(26)29-19(15)11-16)34-24(20)31-10-9-18-22(30(3)4)27-14-28-23(18)31/h5-11,14,17,20,24,32H,12-13H2,1-4H3,(H2,26,29)/t17-,20+,24+/m0/s1. The smallest absolute Gasteiger partial charge is 0.162 e. The van der Waals surface area contributed by atoms with Crippen LogP contribution in [0.15, 0.2) is 48.9 Å². The van der Waals surface area contributed by atoms with Crippen molar-refractivity contribution in [2.75, 3.05) is 31.3 Å². The predicted molar refractivity (Wildman–Crippen MR) is 133 cm³/mol. The molecule has 184 valence electrons. The van der Waals surface area contributed by atoms with E-state index in [1.54, 1.807) is 19.9 Å². The Bertz CT molecular complexity index is 1350. The number of benzene rings is 1. The minimum absolute atomic E-state index is 0.260. The van der Waals surface area contributed by atoms with Crippen molar-refractivity contribution in [3.8, 4) is 5.75 Å². The van der Waals surface area contributed by atoms with Crippen LogP contribution in [0.1, 0.15) is 26.5 Å². The number of nitrogens with two attached hydrogens (primary N) is 1. The third-order valence-corrected chi connectivity index (χ3v) is 5.89. The Morgan fingerprint density at radius 2 is 2.00 bits per heavy atom. The van der Waals surface area contributed by atoms with Crippen LogP contribution in [0.25, 0.3) is 21.9 Å². The van der Waals surface area contributed by atoms with Crippen molar-refractivity contribution in [1.29, 1.82) is 0 Å². The monoisotopic (exact) mass is 478 g/mol. The van der Waals surface area contributed by atoms with Crippen LogP contribution in [0.4, 0.5) is 11.6 Å². The van der Waals surface area contributed by atoms with E-state index in [0.29, 0.717) is 24.6 Å². The normalized spacial score (nSPS) is 20.5. The fourth-order valence-electron chi connectivity index (χ4n) is 4.46. The number of nitrogen functional groups attached to an aromatic ring is 1. The van der Waals surface area contributed by atoms with Crippen molar-refractivity contribution in [2.24, 2.45) is 0 Å². The largest absolute Gasteiger partial charge is 0.491 e. The molecular formula is C25H30N6O4. The van der Waals surface area contributed by atoms with Gasteiger partial charge in [0.15, 0.2) is 12.0 Å². The molecule has 3 N–H and O–H groups in total. The van der Waals surface area contributed by atoms with Gasteiger partial charge >= 0.3 is 0 Å². The number of nitrogens with zero attached hydrogens (tertiary/aromatic N) is 5. The molecule has 1 fully saturated rings. The number of aromatic nitrogens is 4. The molecule has 1 aromatic carbocycles. The average Bonchev–Trinajstić information content (AvgIpc) is 3.39. The Kier molecular flexibility index (Phi) is 5.96. The summed E-state index contributed by atoms with van der Waals surface area (Å²) in [5, 5.41) is 12.3. The van der Waals surface area contributed by atoms with Crippen molar-refractivity contribution in [2.45, 2.75) is 44.5 Å². The molecule has 1 saturated heterocycles. The van der Waals surface area contributed by atoms with Gasteiger partial charge in [-0.2, -0.15) is 0 Å². The van der Waals surface area contributed by atoms with Gasteiger partial charge in [-0.25, -0.2) is 15.0 Å². The molecule has 1 aliphatic heterocycles. The Morgan fingerprint density at radius 1 is 1.20 bits per heavy atom. The number of hydrogen-bond acceptors (Lipinski definition) is 9. The Balaban J connectivity index is 1.38. The molecule has 0 aliphatic carbocycles. The number of hydrogen-bond donors (Lipinski definition) is 2. The molecular weight excluding hydrogens is 448 g/mol. The van der Waals surface area contributed by atoms with Gasteiger partial charge in [0.25, 0.3) is 0 Å². The third kappa shape index (κ3) is 4.86. The number of pyridine rings is 1. The van der Waals surface area contributed by atoms with Crippen molar-refractivity contribution in [1.82, 2.24) is 19.5 Å². The molecule has 1 aliphatic rings. The molecule has 3 atom stereocenters. The van der Waals surface area contributed by atoms with E-state index >= 15 is 0 Å². The lowest BCUT2D eigenvalue weighted by Gasteiger charge is -2.27. The summed E-state index contributed by atoms with van der Waals surface area (Å²) in [4.78, 5) is 15.2. The van der Waals surface area contributed by atoms with Gasteiger partial charge in [0.1, 0.15) is 42.1 Å². The SMILES string of the molecule is CN(C)c1ncnc2c1ccn2[C@@H]1O[C@H](COc2ccc3ccc(N)nc3c2)C[C@H]1OC(C)(C)O. The Labute approximate surface area is 203 Å². The van der Waals surface area contributed by atoms with E-state index in [-0.39, 0.29) is 6.10 Å². The average molecular weight is 479 g/mol. The van der Waals surface area contributed by atoms with Gasteiger partial charge in [-0.05, 0) is 44.2 Å². The van der Waals surface area contributed by atoms with E-state index in [2.05, 4.69) is 15.0 Å². The van der Waals surface area contributed by atoms with Gasteiger partial charge in [-0.15, -0.1) is 0 Å². The molecule has 0 radical (unpaired) electrons. The van der Waals surface area contributed by atoms with E-state index in [9.17, 15) is 5.11 Å². The van der Waals surface area contributed by atoms with Gasteiger partial charge in [-0.3, -0.25) is 0 Å². The molecule has 0 bridgehead atoms.